The first kappa shape index (κ1) is 25.4. The van der Waals surface area contributed by atoms with Gasteiger partial charge in [-0.3, -0.25) is 14.7 Å². The molecule has 0 bridgehead atoms. The number of esters is 2. The zero-order valence-electron chi connectivity index (χ0n) is 20.7. The summed E-state index contributed by atoms with van der Waals surface area (Å²) >= 11 is 0. The monoisotopic (exact) mass is 496 g/mol. The molecule has 0 spiro atoms. The molecule has 2 atom stereocenters. The van der Waals surface area contributed by atoms with Gasteiger partial charge in [-0.2, -0.15) is 0 Å². The molecule has 190 valence electrons. The van der Waals surface area contributed by atoms with Crippen molar-refractivity contribution in [2.45, 2.75) is 26.3 Å². The summed E-state index contributed by atoms with van der Waals surface area (Å²) in [6.45, 7) is 4.67. The van der Waals surface area contributed by atoms with Gasteiger partial charge in [-0.05, 0) is 44.7 Å². The van der Waals surface area contributed by atoms with Gasteiger partial charge < -0.3 is 18.9 Å². The van der Waals surface area contributed by atoms with Crippen molar-refractivity contribution in [2.75, 3.05) is 34.1 Å². The minimum absolute atomic E-state index is 0.0535. The lowest BCUT2D eigenvalue weighted by Gasteiger charge is -2.31. The van der Waals surface area contributed by atoms with Crippen molar-refractivity contribution in [3.63, 3.8) is 0 Å². The summed E-state index contributed by atoms with van der Waals surface area (Å²) < 4.78 is 35.1. The van der Waals surface area contributed by atoms with Gasteiger partial charge in [-0.15, -0.1) is 0 Å². The second-order valence-electron chi connectivity index (χ2n) is 8.81. The van der Waals surface area contributed by atoms with E-state index in [9.17, 15) is 14.0 Å². The van der Waals surface area contributed by atoms with Crippen molar-refractivity contribution >= 4 is 17.7 Å². The van der Waals surface area contributed by atoms with Gasteiger partial charge in [0, 0.05) is 36.0 Å². The highest BCUT2D eigenvalue weighted by molar-refractivity contribution is 6.07. The SMILES string of the molecule is COC(=O)C1C(C)=NC(C)=C(C(=O)OCCN(C)Cc2ccc(F)cc2)C1c1cccc2c1OCO2. The highest BCUT2D eigenvalue weighted by Crippen LogP contribution is 2.47. The molecule has 2 aliphatic rings. The fraction of sp³-hybridized carbons (Fsp3) is 0.370. The van der Waals surface area contributed by atoms with Crippen LogP contribution in [0.25, 0.3) is 0 Å². The Hall–Kier alpha value is -3.72. The average molecular weight is 497 g/mol. The molecule has 9 heteroatoms. The van der Waals surface area contributed by atoms with E-state index in [-0.39, 0.29) is 24.8 Å². The smallest absolute Gasteiger partial charge is 0.336 e. The molecule has 4 rings (SSSR count). The number of nitrogens with zero attached hydrogens (tertiary/aromatic N) is 2. The normalized spacial score (nSPS) is 18.8. The number of ether oxygens (including phenoxy) is 4. The second-order valence-corrected chi connectivity index (χ2v) is 8.81. The van der Waals surface area contributed by atoms with Crippen LogP contribution in [0.5, 0.6) is 11.5 Å². The van der Waals surface area contributed by atoms with Crippen LogP contribution in [0.4, 0.5) is 4.39 Å². The van der Waals surface area contributed by atoms with E-state index in [1.54, 1.807) is 38.1 Å². The van der Waals surface area contributed by atoms with Crippen molar-refractivity contribution in [3.8, 4) is 11.5 Å². The fourth-order valence-corrected chi connectivity index (χ4v) is 4.62. The maximum absolute atomic E-state index is 13.4. The van der Waals surface area contributed by atoms with E-state index in [0.29, 0.717) is 41.6 Å². The maximum Gasteiger partial charge on any atom is 0.336 e. The maximum atomic E-state index is 13.4. The van der Waals surface area contributed by atoms with Crippen molar-refractivity contribution in [1.82, 2.24) is 4.90 Å². The topological polar surface area (TPSA) is 86.7 Å². The molecule has 0 amide bonds. The number of likely N-dealkylation sites (N-methyl/N-ethyl adjacent to an activating group) is 1. The Balaban J connectivity index is 1.55. The predicted molar refractivity (Wildman–Crippen MR) is 130 cm³/mol. The number of methoxy groups -OCH3 is 1. The molecule has 0 aliphatic carbocycles. The molecule has 0 saturated carbocycles. The Morgan fingerprint density at radius 2 is 1.89 bits per heavy atom. The molecule has 2 unspecified atom stereocenters. The Labute approximate surface area is 209 Å². The van der Waals surface area contributed by atoms with Gasteiger partial charge in [-0.1, -0.05) is 24.3 Å². The van der Waals surface area contributed by atoms with Crippen LogP contribution in [0.3, 0.4) is 0 Å². The van der Waals surface area contributed by atoms with E-state index >= 15 is 0 Å². The summed E-state index contributed by atoms with van der Waals surface area (Å²) in [5, 5.41) is 0. The predicted octanol–water partition coefficient (Wildman–Crippen LogP) is 3.85. The summed E-state index contributed by atoms with van der Waals surface area (Å²) in [7, 11) is 3.19. The molecule has 8 nitrogen and oxygen atoms in total. The third kappa shape index (κ3) is 5.26. The zero-order chi connectivity index (χ0) is 25.8. The molecule has 2 aromatic carbocycles. The Morgan fingerprint density at radius 1 is 1.14 bits per heavy atom. The van der Waals surface area contributed by atoms with E-state index in [1.165, 1.54) is 19.2 Å². The van der Waals surface area contributed by atoms with Crippen molar-refractivity contribution in [1.29, 1.82) is 0 Å². The number of hydrogen-bond acceptors (Lipinski definition) is 8. The van der Waals surface area contributed by atoms with Gasteiger partial charge in [0.2, 0.25) is 6.79 Å². The lowest BCUT2D eigenvalue weighted by molar-refractivity contribution is -0.144. The molecule has 2 aromatic rings. The summed E-state index contributed by atoms with van der Waals surface area (Å²) in [4.78, 5) is 32.7. The van der Waals surface area contributed by atoms with Crippen LogP contribution in [-0.4, -0.2) is 56.7 Å². The Kier molecular flexibility index (Phi) is 7.69. The lowest BCUT2D eigenvalue weighted by atomic mass is 9.75. The molecule has 0 radical (unpaired) electrons. The number of carbonyl (C=O) groups excluding carboxylic acids is 2. The number of allylic oxidation sites excluding steroid dienone is 1. The standard InChI is InChI=1S/C27H29FN2O6/c1-16-22(26(31)33-4)24(20-6-5-7-21-25(20)36-15-35-21)23(17(2)29-16)27(32)34-13-12-30(3)14-18-8-10-19(28)11-9-18/h5-11,22,24H,12-15H2,1-4H3. The van der Waals surface area contributed by atoms with Crippen molar-refractivity contribution in [3.05, 3.63) is 70.7 Å². The number of benzene rings is 2. The molecular formula is C27H29FN2O6. The summed E-state index contributed by atoms with van der Waals surface area (Å²) in [5.41, 5.74) is 2.87. The summed E-state index contributed by atoms with van der Waals surface area (Å²) in [6, 6.07) is 11.6. The summed E-state index contributed by atoms with van der Waals surface area (Å²) in [6.07, 6.45) is 0. The Morgan fingerprint density at radius 3 is 2.61 bits per heavy atom. The van der Waals surface area contributed by atoms with Gasteiger partial charge in [0.1, 0.15) is 18.3 Å². The Bertz CT molecular complexity index is 1210. The van der Waals surface area contributed by atoms with Crippen LogP contribution in [0.2, 0.25) is 0 Å². The largest absolute Gasteiger partial charge is 0.468 e. The third-order valence-electron chi connectivity index (χ3n) is 6.34. The van der Waals surface area contributed by atoms with Crippen LogP contribution in [-0.2, 0) is 25.6 Å². The van der Waals surface area contributed by atoms with Crippen molar-refractivity contribution in [2.24, 2.45) is 10.9 Å². The number of fused-ring (bicyclic) bond motifs is 1. The minimum Gasteiger partial charge on any atom is -0.468 e. The van der Waals surface area contributed by atoms with E-state index in [2.05, 4.69) is 4.99 Å². The van der Waals surface area contributed by atoms with Crippen LogP contribution >= 0.6 is 0 Å². The minimum atomic E-state index is -0.821. The highest BCUT2D eigenvalue weighted by atomic mass is 19.1. The first-order valence-electron chi connectivity index (χ1n) is 11.6. The van der Waals surface area contributed by atoms with Gasteiger partial charge in [-0.25, -0.2) is 9.18 Å². The van der Waals surface area contributed by atoms with Gasteiger partial charge >= 0.3 is 11.9 Å². The van der Waals surface area contributed by atoms with Gasteiger partial charge in [0.25, 0.3) is 0 Å². The van der Waals surface area contributed by atoms with E-state index in [4.69, 9.17) is 18.9 Å². The number of aliphatic imine (C=N–C) groups is 1. The van der Waals surface area contributed by atoms with E-state index in [0.717, 1.165) is 5.56 Å². The number of hydrogen-bond donors (Lipinski definition) is 0. The number of para-hydroxylation sites is 1. The number of halogens is 1. The fourth-order valence-electron chi connectivity index (χ4n) is 4.62. The molecule has 2 heterocycles. The van der Waals surface area contributed by atoms with Crippen LogP contribution in [0.1, 0.15) is 30.9 Å². The van der Waals surface area contributed by atoms with Crippen LogP contribution in [0, 0.1) is 11.7 Å². The number of carbonyl (C=O) groups is 2. The molecule has 36 heavy (non-hydrogen) atoms. The van der Waals surface area contributed by atoms with E-state index in [1.807, 2.05) is 18.0 Å². The van der Waals surface area contributed by atoms with Crippen LogP contribution in [0.15, 0.2) is 58.7 Å². The first-order valence-corrected chi connectivity index (χ1v) is 11.6. The molecular weight excluding hydrogens is 467 g/mol. The molecule has 0 saturated heterocycles. The summed E-state index contributed by atoms with van der Waals surface area (Å²) in [5.74, 6) is -1.85. The van der Waals surface area contributed by atoms with Gasteiger partial charge in [0.05, 0.1) is 12.7 Å². The first-order chi connectivity index (χ1) is 17.3. The zero-order valence-corrected chi connectivity index (χ0v) is 20.7. The molecule has 0 aromatic heterocycles. The second kappa shape index (κ2) is 10.9. The van der Waals surface area contributed by atoms with Gasteiger partial charge in [0.15, 0.2) is 11.5 Å². The number of rotatable bonds is 8. The lowest BCUT2D eigenvalue weighted by Crippen LogP contribution is -2.36. The quantitative estimate of drug-likeness (QED) is 0.513. The van der Waals surface area contributed by atoms with E-state index < -0.39 is 23.8 Å². The average Bonchev–Trinajstić information content (AvgIpc) is 3.33. The van der Waals surface area contributed by atoms with Crippen LogP contribution < -0.4 is 9.47 Å². The van der Waals surface area contributed by atoms with Crippen molar-refractivity contribution < 1.29 is 32.9 Å². The highest BCUT2D eigenvalue weighted by Gasteiger charge is 2.44. The third-order valence-corrected chi connectivity index (χ3v) is 6.34. The molecule has 0 fully saturated rings. The molecule has 0 N–H and O–H groups in total. The molecule has 2 aliphatic heterocycles.